The van der Waals surface area contributed by atoms with Crippen molar-refractivity contribution in [1.29, 1.82) is 0 Å². The number of halogens is 1. The minimum absolute atomic E-state index is 0.140. The third kappa shape index (κ3) is 7.68. The topological polar surface area (TPSA) is 93.0 Å². The van der Waals surface area contributed by atoms with Crippen molar-refractivity contribution in [2.45, 2.75) is 33.4 Å². The molecule has 37 heavy (non-hydrogen) atoms. The summed E-state index contributed by atoms with van der Waals surface area (Å²) in [6.07, 6.45) is 0.492. The lowest BCUT2D eigenvalue weighted by Gasteiger charge is -2.28. The van der Waals surface area contributed by atoms with E-state index >= 15 is 0 Å². The quantitative estimate of drug-likeness (QED) is 0.185. The third-order valence-electron chi connectivity index (χ3n) is 5.98. The van der Waals surface area contributed by atoms with E-state index in [0.717, 1.165) is 16.0 Å². The van der Waals surface area contributed by atoms with E-state index in [0.29, 0.717) is 25.1 Å². The third-order valence-corrected chi connectivity index (χ3v) is 6.99. The highest BCUT2D eigenvalue weighted by Crippen LogP contribution is 2.22. The van der Waals surface area contributed by atoms with Gasteiger partial charge in [-0.3, -0.25) is 19.7 Å². The smallest absolute Gasteiger partial charge is 0.273 e. The van der Waals surface area contributed by atoms with E-state index in [1.165, 1.54) is 46.6 Å². The SMILES string of the molecule is COCCCN(CC(=O)N(Cc1ccc(F)cc1)Cc1sccc1C)C(=O)c1ccc(C)c([N+](=O)[O-])c1. The highest BCUT2D eigenvalue weighted by atomic mass is 32.1. The fraction of sp³-hybridized carbons (Fsp3) is 0.333. The Labute approximate surface area is 219 Å². The van der Waals surface area contributed by atoms with E-state index < -0.39 is 10.8 Å². The van der Waals surface area contributed by atoms with Gasteiger partial charge in [0.1, 0.15) is 12.4 Å². The number of thiophene rings is 1. The van der Waals surface area contributed by atoms with E-state index in [1.807, 2.05) is 18.4 Å². The fourth-order valence-electron chi connectivity index (χ4n) is 3.82. The van der Waals surface area contributed by atoms with Crippen LogP contribution in [-0.4, -0.2) is 53.3 Å². The average Bonchev–Trinajstić information content (AvgIpc) is 3.28. The van der Waals surface area contributed by atoms with Crippen LogP contribution in [0.15, 0.2) is 53.9 Å². The zero-order chi connectivity index (χ0) is 26.9. The van der Waals surface area contributed by atoms with Gasteiger partial charge in [-0.15, -0.1) is 11.3 Å². The second-order valence-corrected chi connectivity index (χ2v) is 9.74. The maximum absolute atomic E-state index is 13.6. The van der Waals surface area contributed by atoms with Crippen molar-refractivity contribution in [2.24, 2.45) is 0 Å². The van der Waals surface area contributed by atoms with Gasteiger partial charge in [0.15, 0.2) is 0 Å². The molecule has 0 bridgehead atoms. The van der Waals surface area contributed by atoms with Gasteiger partial charge in [-0.1, -0.05) is 18.2 Å². The van der Waals surface area contributed by atoms with Gasteiger partial charge in [-0.05, 0) is 61.0 Å². The number of hydrogen-bond donors (Lipinski definition) is 0. The number of methoxy groups -OCH3 is 1. The molecule has 196 valence electrons. The molecule has 3 rings (SSSR count). The molecule has 0 unspecified atom stereocenters. The number of aryl methyl sites for hydroxylation is 2. The molecule has 0 aliphatic rings. The molecule has 2 amide bonds. The van der Waals surface area contributed by atoms with Gasteiger partial charge < -0.3 is 14.5 Å². The maximum Gasteiger partial charge on any atom is 0.273 e. The van der Waals surface area contributed by atoms with Crippen LogP contribution in [0.3, 0.4) is 0 Å². The lowest BCUT2D eigenvalue weighted by atomic mass is 10.1. The molecule has 0 aliphatic heterocycles. The molecule has 2 aromatic carbocycles. The number of nitro groups is 1. The predicted molar refractivity (Wildman–Crippen MR) is 140 cm³/mol. The van der Waals surface area contributed by atoms with E-state index in [9.17, 15) is 24.1 Å². The van der Waals surface area contributed by atoms with Gasteiger partial charge in [0.2, 0.25) is 5.91 Å². The highest BCUT2D eigenvalue weighted by molar-refractivity contribution is 7.10. The van der Waals surface area contributed by atoms with Crippen molar-refractivity contribution < 1.29 is 23.6 Å². The predicted octanol–water partition coefficient (Wildman–Crippen LogP) is 5.12. The number of nitrogens with zero attached hydrogens (tertiary/aromatic N) is 3. The molecule has 0 N–H and O–H groups in total. The minimum atomic E-state index is -0.527. The van der Waals surface area contributed by atoms with E-state index in [4.69, 9.17) is 4.74 Å². The van der Waals surface area contributed by atoms with Crippen molar-refractivity contribution in [2.75, 3.05) is 26.8 Å². The Hall–Kier alpha value is -3.63. The molecule has 0 atom stereocenters. The second kappa shape index (κ2) is 13.1. The largest absolute Gasteiger partial charge is 0.385 e. The van der Waals surface area contributed by atoms with Crippen LogP contribution in [0.4, 0.5) is 10.1 Å². The number of ether oxygens (including phenoxy) is 1. The summed E-state index contributed by atoms with van der Waals surface area (Å²) in [5.74, 6) is -1.12. The molecule has 0 saturated heterocycles. The van der Waals surface area contributed by atoms with Crippen molar-refractivity contribution in [3.8, 4) is 0 Å². The number of carbonyl (C=O) groups is 2. The van der Waals surface area contributed by atoms with Gasteiger partial charge in [0, 0.05) is 48.9 Å². The molecule has 0 fully saturated rings. The lowest BCUT2D eigenvalue weighted by Crippen LogP contribution is -2.43. The molecule has 0 aliphatic carbocycles. The summed E-state index contributed by atoms with van der Waals surface area (Å²) in [4.78, 5) is 41.9. The summed E-state index contributed by atoms with van der Waals surface area (Å²) in [6, 6.07) is 12.2. The Morgan fingerprint density at radius 1 is 1.03 bits per heavy atom. The first-order valence-electron chi connectivity index (χ1n) is 11.8. The normalized spacial score (nSPS) is 10.8. The first kappa shape index (κ1) is 27.9. The van der Waals surface area contributed by atoms with Gasteiger partial charge in [-0.25, -0.2) is 4.39 Å². The number of amides is 2. The summed E-state index contributed by atoms with van der Waals surface area (Å²) in [5.41, 5.74) is 2.25. The average molecular weight is 528 g/mol. The molecule has 3 aromatic rings. The van der Waals surface area contributed by atoms with E-state index in [1.54, 1.807) is 31.1 Å². The van der Waals surface area contributed by atoms with Crippen LogP contribution in [0.2, 0.25) is 0 Å². The first-order valence-corrected chi connectivity index (χ1v) is 12.7. The van der Waals surface area contributed by atoms with Crippen molar-refractivity contribution in [3.05, 3.63) is 97.0 Å². The molecule has 10 heteroatoms. The Kier molecular flexibility index (Phi) is 9.87. The standard InChI is InChI=1S/C27H30FN3O5S/c1-19-5-8-22(15-24(19)31(34)35)27(33)29(12-4-13-36-3)18-26(32)30(17-25-20(2)11-14-37-25)16-21-6-9-23(28)10-7-21/h5-11,14-15H,4,12-13,16-18H2,1-3H3. The zero-order valence-electron chi connectivity index (χ0n) is 21.1. The van der Waals surface area contributed by atoms with Crippen LogP contribution >= 0.6 is 11.3 Å². The highest BCUT2D eigenvalue weighted by Gasteiger charge is 2.25. The number of hydrogen-bond acceptors (Lipinski definition) is 6. The van der Waals surface area contributed by atoms with Crippen LogP contribution < -0.4 is 0 Å². The van der Waals surface area contributed by atoms with Crippen molar-refractivity contribution in [3.63, 3.8) is 0 Å². The fourth-order valence-corrected chi connectivity index (χ4v) is 4.74. The Balaban J connectivity index is 1.86. The van der Waals surface area contributed by atoms with Gasteiger partial charge >= 0.3 is 0 Å². The molecule has 0 radical (unpaired) electrons. The summed E-state index contributed by atoms with van der Waals surface area (Å²) < 4.78 is 18.6. The van der Waals surface area contributed by atoms with Crippen molar-refractivity contribution in [1.82, 2.24) is 9.80 Å². The van der Waals surface area contributed by atoms with Crippen molar-refractivity contribution >= 4 is 28.8 Å². The first-order chi connectivity index (χ1) is 17.7. The number of nitro benzene ring substituents is 1. The zero-order valence-corrected chi connectivity index (χ0v) is 21.9. The van der Waals surface area contributed by atoms with Crippen LogP contribution in [0, 0.1) is 29.8 Å². The van der Waals surface area contributed by atoms with E-state index in [-0.39, 0.29) is 42.6 Å². The summed E-state index contributed by atoms with van der Waals surface area (Å²) in [5, 5.41) is 13.4. The monoisotopic (exact) mass is 527 g/mol. The van der Waals surface area contributed by atoms with Crippen LogP contribution in [-0.2, 0) is 22.6 Å². The summed E-state index contributed by atoms with van der Waals surface area (Å²) in [6.45, 7) is 4.57. The molecule has 8 nitrogen and oxygen atoms in total. The van der Waals surface area contributed by atoms with E-state index in [2.05, 4.69) is 0 Å². The second-order valence-electron chi connectivity index (χ2n) is 8.73. The number of benzene rings is 2. The molecule has 1 aromatic heterocycles. The molecule has 1 heterocycles. The number of carbonyl (C=O) groups excluding carboxylic acids is 2. The molecule has 0 saturated carbocycles. The van der Waals surface area contributed by atoms with Gasteiger partial charge in [-0.2, -0.15) is 0 Å². The molecular formula is C27H30FN3O5S. The van der Waals surface area contributed by atoms with Crippen LogP contribution in [0.1, 0.15) is 38.3 Å². The molecule has 0 spiro atoms. The lowest BCUT2D eigenvalue weighted by molar-refractivity contribution is -0.385. The Morgan fingerprint density at radius 3 is 2.38 bits per heavy atom. The Bertz CT molecular complexity index is 1250. The van der Waals surface area contributed by atoms with Crippen LogP contribution in [0.25, 0.3) is 0 Å². The Morgan fingerprint density at radius 2 is 1.76 bits per heavy atom. The number of rotatable bonds is 12. The minimum Gasteiger partial charge on any atom is -0.385 e. The summed E-state index contributed by atoms with van der Waals surface area (Å²) >= 11 is 1.54. The van der Waals surface area contributed by atoms with Gasteiger partial charge in [0.25, 0.3) is 11.6 Å². The molecular weight excluding hydrogens is 497 g/mol. The van der Waals surface area contributed by atoms with Crippen LogP contribution in [0.5, 0.6) is 0 Å². The maximum atomic E-state index is 13.6. The summed E-state index contributed by atoms with van der Waals surface area (Å²) in [7, 11) is 1.55. The van der Waals surface area contributed by atoms with Gasteiger partial charge in [0.05, 0.1) is 11.5 Å².